The van der Waals surface area contributed by atoms with Gasteiger partial charge in [-0.05, 0) is 108 Å². The molecule has 0 saturated heterocycles. The standard InChI is InChI=1S/C55H41N/c1-55(2)52-31-12-10-29-50(52)51-34-33-44(37-53(51)55)56(43-24-15-23-42(36-43)47-27-9-8-26-45(47)38-17-4-3-5-18-38)54-32-13-11-28-49(54)41-22-14-21-40(35-41)48-30-16-20-39-19-6-7-25-46(39)48/h3-37H,1-2H3. The van der Waals surface area contributed by atoms with E-state index < -0.39 is 0 Å². The topological polar surface area (TPSA) is 3.24 Å². The summed E-state index contributed by atoms with van der Waals surface area (Å²) in [6.45, 7) is 4.72. The summed E-state index contributed by atoms with van der Waals surface area (Å²) in [6.07, 6.45) is 0. The molecule has 0 heterocycles. The van der Waals surface area contributed by atoms with Gasteiger partial charge in [0.25, 0.3) is 0 Å². The van der Waals surface area contributed by atoms with Gasteiger partial charge in [0.1, 0.15) is 0 Å². The maximum atomic E-state index is 2.47. The van der Waals surface area contributed by atoms with Crippen LogP contribution < -0.4 is 4.90 Å². The van der Waals surface area contributed by atoms with Crippen LogP contribution in [0.5, 0.6) is 0 Å². The minimum absolute atomic E-state index is 0.129. The lowest BCUT2D eigenvalue weighted by Crippen LogP contribution is -2.17. The smallest absolute Gasteiger partial charge is 0.0540 e. The number of hydrogen-bond acceptors (Lipinski definition) is 1. The third-order valence-corrected chi connectivity index (χ3v) is 11.7. The van der Waals surface area contributed by atoms with Crippen molar-refractivity contribution in [3.05, 3.63) is 223 Å². The van der Waals surface area contributed by atoms with Crippen LogP contribution in [0.2, 0.25) is 0 Å². The van der Waals surface area contributed by atoms with Crippen LogP contribution in [0, 0.1) is 0 Å². The molecular weight excluding hydrogens is 675 g/mol. The fourth-order valence-corrected chi connectivity index (χ4v) is 8.92. The molecule has 9 aromatic rings. The molecule has 266 valence electrons. The molecule has 1 aliphatic rings. The fraction of sp³-hybridized carbons (Fsp3) is 0.0545. The van der Waals surface area contributed by atoms with E-state index in [1.807, 2.05) is 0 Å². The predicted molar refractivity (Wildman–Crippen MR) is 238 cm³/mol. The van der Waals surface area contributed by atoms with Crippen molar-refractivity contribution in [1.29, 1.82) is 0 Å². The average Bonchev–Trinajstić information content (AvgIpc) is 3.49. The summed E-state index contributed by atoms with van der Waals surface area (Å²) >= 11 is 0. The third kappa shape index (κ3) is 5.72. The zero-order valence-corrected chi connectivity index (χ0v) is 31.7. The largest absolute Gasteiger partial charge is 0.310 e. The minimum Gasteiger partial charge on any atom is -0.310 e. The molecule has 0 aromatic heterocycles. The van der Waals surface area contributed by atoms with Crippen molar-refractivity contribution in [3.63, 3.8) is 0 Å². The number of benzene rings is 9. The molecule has 1 nitrogen and oxygen atoms in total. The van der Waals surface area contributed by atoms with Gasteiger partial charge in [-0.1, -0.05) is 190 Å². The molecule has 0 spiro atoms. The van der Waals surface area contributed by atoms with Crippen LogP contribution in [0.1, 0.15) is 25.0 Å². The van der Waals surface area contributed by atoms with Crippen molar-refractivity contribution in [2.75, 3.05) is 4.90 Å². The summed E-state index contributed by atoms with van der Waals surface area (Å²) in [6, 6.07) is 77.7. The molecule has 0 atom stereocenters. The maximum absolute atomic E-state index is 2.47. The van der Waals surface area contributed by atoms with Crippen LogP contribution in [0.3, 0.4) is 0 Å². The highest BCUT2D eigenvalue weighted by molar-refractivity contribution is 5.98. The first-order valence-corrected chi connectivity index (χ1v) is 19.5. The van der Waals surface area contributed by atoms with Crippen LogP contribution in [0.15, 0.2) is 212 Å². The van der Waals surface area contributed by atoms with E-state index in [0.717, 1.165) is 17.1 Å². The van der Waals surface area contributed by atoms with Crippen LogP contribution in [0.25, 0.3) is 66.4 Å². The Morgan fingerprint density at radius 3 is 1.66 bits per heavy atom. The zero-order valence-electron chi connectivity index (χ0n) is 31.7. The second-order valence-corrected chi connectivity index (χ2v) is 15.3. The molecule has 10 rings (SSSR count). The summed E-state index contributed by atoms with van der Waals surface area (Å²) in [5.74, 6) is 0. The lowest BCUT2D eigenvalue weighted by molar-refractivity contribution is 0.660. The molecule has 0 aliphatic heterocycles. The van der Waals surface area contributed by atoms with Crippen LogP contribution in [-0.4, -0.2) is 0 Å². The predicted octanol–water partition coefficient (Wildman–Crippen LogP) is 15.3. The SMILES string of the molecule is CC1(C)c2ccccc2-c2ccc(N(c3cccc(-c4ccccc4-c4ccccc4)c3)c3ccccc3-c3cccc(-c4cccc5ccccc45)c3)cc21. The summed E-state index contributed by atoms with van der Waals surface area (Å²) in [4.78, 5) is 2.47. The van der Waals surface area contributed by atoms with Gasteiger partial charge in [0.05, 0.1) is 5.69 Å². The number of hydrogen-bond donors (Lipinski definition) is 0. The van der Waals surface area contributed by atoms with E-state index in [-0.39, 0.29) is 5.41 Å². The second kappa shape index (κ2) is 13.7. The molecular formula is C55H41N. The Kier molecular flexibility index (Phi) is 8.23. The van der Waals surface area contributed by atoms with Crippen molar-refractivity contribution in [1.82, 2.24) is 0 Å². The quantitative estimate of drug-likeness (QED) is 0.159. The summed E-state index contributed by atoms with van der Waals surface area (Å²) in [5.41, 5.74) is 18.2. The molecule has 0 unspecified atom stereocenters. The first kappa shape index (κ1) is 33.6. The maximum Gasteiger partial charge on any atom is 0.0540 e. The molecule has 1 heteroatoms. The lowest BCUT2D eigenvalue weighted by Gasteiger charge is -2.30. The van der Waals surface area contributed by atoms with E-state index in [1.165, 1.54) is 77.5 Å². The highest BCUT2D eigenvalue weighted by Crippen LogP contribution is 2.51. The van der Waals surface area contributed by atoms with E-state index in [9.17, 15) is 0 Å². The van der Waals surface area contributed by atoms with Gasteiger partial charge >= 0.3 is 0 Å². The second-order valence-electron chi connectivity index (χ2n) is 15.3. The third-order valence-electron chi connectivity index (χ3n) is 11.7. The highest BCUT2D eigenvalue weighted by atomic mass is 15.1. The first-order chi connectivity index (χ1) is 27.5. The molecule has 0 N–H and O–H groups in total. The van der Waals surface area contributed by atoms with Crippen molar-refractivity contribution < 1.29 is 0 Å². The van der Waals surface area contributed by atoms with E-state index in [0.29, 0.717) is 0 Å². The molecule has 0 saturated carbocycles. The minimum atomic E-state index is -0.129. The molecule has 56 heavy (non-hydrogen) atoms. The van der Waals surface area contributed by atoms with Crippen LogP contribution >= 0.6 is 0 Å². The molecule has 0 radical (unpaired) electrons. The average molecular weight is 716 g/mol. The van der Waals surface area contributed by atoms with Crippen molar-refractivity contribution in [2.24, 2.45) is 0 Å². The Morgan fingerprint density at radius 2 is 0.839 bits per heavy atom. The van der Waals surface area contributed by atoms with Gasteiger partial charge in [0.2, 0.25) is 0 Å². The normalized spacial score (nSPS) is 12.6. The molecule has 0 bridgehead atoms. The van der Waals surface area contributed by atoms with Crippen molar-refractivity contribution >= 4 is 27.8 Å². The molecule has 0 amide bonds. The zero-order chi connectivity index (χ0) is 37.6. The molecule has 9 aromatic carbocycles. The van der Waals surface area contributed by atoms with E-state index >= 15 is 0 Å². The fourth-order valence-electron chi connectivity index (χ4n) is 8.92. The summed E-state index contributed by atoms with van der Waals surface area (Å²) in [5, 5.41) is 2.51. The van der Waals surface area contributed by atoms with E-state index in [4.69, 9.17) is 0 Å². The van der Waals surface area contributed by atoms with Crippen molar-refractivity contribution in [3.8, 4) is 55.6 Å². The molecule has 1 aliphatic carbocycles. The Labute approximate surface area is 329 Å². The van der Waals surface area contributed by atoms with Crippen LogP contribution in [-0.2, 0) is 5.41 Å². The van der Waals surface area contributed by atoms with Gasteiger partial charge in [-0.2, -0.15) is 0 Å². The number of anilines is 3. The van der Waals surface area contributed by atoms with Gasteiger partial charge in [-0.3, -0.25) is 0 Å². The summed E-state index contributed by atoms with van der Waals surface area (Å²) in [7, 11) is 0. The number of nitrogens with zero attached hydrogens (tertiary/aromatic N) is 1. The monoisotopic (exact) mass is 715 g/mol. The van der Waals surface area contributed by atoms with E-state index in [1.54, 1.807) is 0 Å². The van der Waals surface area contributed by atoms with Gasteiger partial charge in [0.15, 0.2) is 0 Å². The van der Waals surface area contributed by atoms with E-state index in [2.05, 4.69) is 231 Å². The Morgan fingerprint density at radius 1 is 0.321 bits per heavy atom. The van der Waals surface area contributed by atoms with Crippen molar-refractivity contribution in [2.45, 2.75) is 19.3 Å². The summed E-state index contributed by atoms with van der Waals surface area (Å²) < 4.78 is 0. The first-order valence-electron chi connectivity index (χ1n) is 19.5. The van der Waals surface area contributed by atoms with Gasteiger partial charge in [0, 0.05) is 22.4 Å². The van der Waals surface area contributed by atoms with Gasteiger partial charge in [-0.25, -0.2) is 0 Å². The van der Waals surface area contributed by atoms with Gasteiger partial charge in [-0.15, -0.1) is 0 Å². The number of rotatable bonds is 7. The van der Waals surface area contributed by atoms with Crippen LogP contribution in [0.4, 0.5) is 17.1 Å². The highest BCUT2D eigenvalue weighted by Gasteiger charge is 2.36. The number of para-hydroxylation sites is 1. The number of fused-ring (bicyclic) bond motifs is 4. The lowest BCUT2D eigenvalue weighted by atomic mass is 9.82. The molecule has 0 fully saturated rings. The Bertz CT molecular complexity index is 2890. The van der Waals surface area contributed by atoms with Gasteiger partial charge < -0.3 is 4.90 Å². The Balaban J connectivity index is 1.17. The Hall–Kier alpha value is -6.96.